The fourth-order valence-corrected chi connectivity index (χ4v) is 3.00. The molecule has 0 fully saturated rings. The van der Waals surface area contributed by atoms with E-state index >= 15 is 0 Å². The first kappa shape index (κ1) is 117. The summed E-state index contributed by atoms with van der Waals surface area (Å²) in [7, 11) is -0.359. The SMILES string of the molecule is CC(C)(C)C.CC(C)(C)C.O=PC(P=O)c1ccccc1.O=Pc1ccccc1P=O.[CH3-].[CH3-].[CH3-].[CH3-].[CH3-].[CH3-].[CH3-].[CH3-].[Y].[Y].[Y].[Y].[Y].[Y].[Y].[Y]. The zero-order chi connectivity index (χ0) is 24.5. The van der Waals surface area contributed by atoms with Gasteiger partial charge in [0.15, 0.2) is 33.8 Å². The molecule has 0 atom stereocenters. The minimum absolute atomic E-state index is 0. The molecule has 258 valence electrons. The Morgan fingerprint density at radius 1 is 0.404 bits per heavy atom. The van der Waals surface area contributed by atoms with Gasteiger partial charge in [0.05, 0.1) is 10.6 Å². The molecule has 0 amide bonds. The molecule has 2 aromatic carbocycles. The Hall–Kier alpha value is 7.67. The van der Waals surface area contributed by atoms with Crippen molar-refractivity contribution < 1.29 is 280 Å². The van der Waals surface area contributed by atoms with Crippen LogP contribution in [-0.4, -0.2) is 0 Å². The first-order chi connectivity index (χ1) is 14.3. The summed E-state index contributed by atoms with van der Waals surface area (Å²) in [5.41, 5.74) is 1.83. The Bertz CT molecular complexity index is 757. The Kier molecular flexibility index (Phi) is 186. The number of hydrogen-bond acceptors (Lipinski definition) is 4. The second kappa shape index (κ2) is 74.6. The van der Waals surface area contributed by atoms with Gasteiger partial charge in [-0.15, -0.1) is 0 Å². The molecule has 0 bridgehead atoms. The topological polar surface area (TPSA) is 68.3 Å². The van der Waals surface area contributed by atoms with Gasteiger partial charge in [0.25, 0.3) is 0 Å². The Balaban J connectivity index is -0.0000000139. The van der Waals surface area contributed by atoms with E-state index < -0.39 is 5.40 Å². The molecule has 0 saturated heterocycles. The molecule has 16 heteroatoms. The number of benzene rings is 2. The van der Waals surface area contributed by atoms with Crippen LogP contribution in [-0.2, 0) is 280 Å². The molecule has 4 nitrogen and oxygen atoms in total. The van der Waals surface area contributed by atoms with Crippen molar-refractivity contribution in [1.29, 1.82) is 0 Å². The molecule has 47 heavy (non-hydrogen) atoms. The average molecular weight is 1330 g/mol. The number of hydrogen-bond donors (Lipinski definition) is 0. The summed E-state index contributed by atoms with van der Waals surface area (Å²) in [6, 6.07) is 16.0. The molecule has 0 heterocycles. The van der Waals surface area contributed by atoms with E-state index in [4.69, 9.17) is 0 Å². The van der Waals surface area contributed by atoms with Gasteiger partial charge in [0.1, 0.15) is 5.40 Å². The van der Waals surface area contributed by atoms with E-state index in [-0.39, 0.29) is 355 Å². The van der Waals surface area contributed by atoms with Gasteiger partial charge in [-0.25, -0.2) is 0 Å². The largest absolute Gasteiger partial charge is 0.358 e. The summed E-state index contributed by atoms with van der Waals surface area (Å²) in [5, 5.41) is 0.759. The summed E-state index contributed by atoms with van der Waals surface area (Å²) in [4.78, 5) is 0. The van der Waals surface area contributed by atoms with Crippen LogP contribution >= 0.6 is 33.8 Å². The van der Waals surface area contributed by atoms with Crippen LogP contribution in [0.4, 0.5) is 0 Å². The van der Waals surface area contributed by atoms with E-state index in [0.29, 0.717) is 21.4 Å². The Morgan fingerprint density at radius 2 is 0.596 bits per heavy atom. The standard InChI is InChI=1S/C7H6O2P2.C6H4O2P2.2C5H12.8CH3.8Y/c8-10-7(11-9)6-4-2-1-3-5-6;7-9-5-3-1-2-4-6(5)10-8;2*1-5(2,3)4;;;;;;;;;;;;;;;;/h1-5,7H;1-4H;2*1-4H3;8*1H3;;;;;;;;/q;;;;8*-1;;;;;;;;. The number of rotatable bonds is 5. The van der Waals surface area contributed by atoms with Gasteiger partial charge in [-0.2, -0.15) is 0 Å². The Labute approximate surface area is 504 Å². The van der Waals surface area contributed by atoms with Crippen LogP contribution in [0, 0.1) is 70.2 Å². The molecular formula is C31H58O4P4Y8-8. The van der Waals surface area contributed by atoms with Crippen molar-refractivity contribution in [3.63, 3.8) is 0 Å². The van der Waals surface area contributed by atoms with E-state index in [0.717, 1.165) is 5.56 Å². The van der Waals surface area contributed by atoms with Crippen LogP contribution in [0.25, 0.3) is 0 Å². The van der Waals surface area contributed by atoms with Crippen LogP contribution in [0.1, 0.15) is 66.4 Å². The van der Waals surface area contributed by atoms with Gasteiger partial charge in [0, 0.05) is 262 Å². The summed E-state index contributed by atoms with van der Waals surface area (Å²) < 4.78 is 41.5. The van der Waals surface area contributed by atoms with E-state index in [2.05, 4.69) is 55.4 Å². The van der Waals surface area contributed by atoms with Crippen LogP contribution in [0.3, 0.4) is 0 Å². The maximum Gasteiger partial charge on any atom is 0.193 e. The van der Waals surface area contributed by atoms with E-state index in [1.165, 1.54) is 0 Å². The van der Waals surface area contributed by atoms with Gasteiger partial charge >= 0.3 is 0 Å². The second-order valence-electron chi connectivity index (χ2n) is 9.67. The van der Waals surface area contributed by atoms with Crippen LogP contribution < -0.4 is 10.6 Å². The molecule has 0 saturated carbocycles. The zero-order valence-electron chi connectivity index (χ0n) is 32.3. The third-order valence-electron chi connectivity index (χ3n) is 2.38. The molecule has 0 spiro atoms. The first-order valence-corrected chi connectivity index (χ1v) is 13.1. The summed E-state index contributed by atoms with van der Waals surface area (Å²) in [6.45, 7) is 17.5. The summed E-state index contributed by atoms with van der Waals surface area (Å²) >= 11 is 0. The maximum atomic E-state index is 10.4. The molecule has 8 radical (unpaired) electrons. The molecule has 0 aliphatic carbocycles. The molecule has 2 aromatic rings. The molecule has 0 N–H and O–H groups in total. The van der Waals surface area contributed by atoms with Gasteiger partial charge in [0.2, 0.25) is 0 Å². The molecular weight excluding hydrogens is 1270 g/mol. The minimum atomic E-state index is -0.406. The van der Waals surface area contributed by atoms with Crippen molar-refractivity contribution in [3.05, 3.63) is 120 Å². The minimum Gasteiger partial charge on any atom is -0.358 e. The van der Waals surface area contributed by atoms with E-state index in [9.17, 15) is 18.3 Å². The fourth-order valence-electron chi connectivity index (χ4n) is 1.38. The third kappa shape index (κ3) is 95.8. The van der Waals surface area contributed by atoms with Crippen LogP contribution in [0.2, 0.25) is 0 Å². The fraction of sp³-hybridized carbons (Fsp3) is 0.355. The van der Waals surface area contributed by atoms with E-state index in [1.807, 2.05) is 18.2 Å². The van der Waals surface area contributed by atoms with Crippen LogP contribution in [0.15, 0.2) is 54.6 Å². The molecule has 0 aliphatic rings. The van der Waals surface area contributed by atoms with Crippen molar-refractivity contribution in [2.24, 2.45) is 10.8 Å². The van der Waals surface area contributed by atoms with Gasteiger partial charge < -0.3 is 59.4 Å². The molecule has 0 aromatic heterocycles. The van der Waals surface area contributed by atoms with Gasteiger partial charge in [-0.05, 0) is 28.5 Å². The Morgan fingerprint density at radius 3 is 0.766 bits per heavy atom. The quantitative estimate of drug-likeness (QED) is 0.221. The average Bonchev–Trinajstić information content (AvgIpc) is 2.67. The van der Waals surface area contributed by atoms with Crippen molar-refractivity contribution in [1.82, 2.24) is 0 Å². The molecule has 0 aliphatic heterocycles. The van der Waals surface area contributed by atoms with Crippen LogP contribution in [0.5, 0.6) is 0 Å². The van der Waals surface area contributed by atoms with Crippen molar-refractivity contribution in [2.45, 2.75) is 60.8 Å². The van der Waals surface area contributed by atoms with Gasteiger partial charge in [-0.3, -0.25) is 18.3 Å². The van der Waals surface area contributed by atoms with Crippen molar-refractivity contribution >= 4 is 44.4 Å². The predicted octanol–water partition coefficient (Wildman–Crippen LogP) is 12.5. The van der Waals surface area contributed by atoms with Crippen molar-refractivity contribution in [3.8, 4) is 0 Å². The van der Waals surface area contributed by atoms with Crippen molar-refractivity contribution in [2.75, 3.05) is 0 Å². The zero-order valence-corrected chi connectivity index (χ0v) is 58.6. The molecule has 0 unspecified atom stereocenters. The first-order valence-electron chi connectivity index (χ1n) is 9.72. The van der Waals surface area contributed by atoms with Gasteiger partial charge in [-0.1, -0.05) is 97.9 Å². The predicted molar refractivity (Wildman–Crippen MR) is 187 cm³/mol. The molecule has 2 rings (SSSR count). The normalized spacial score (nSPS) is 7.91. The maximum absolute atomic E-state index is 10.4. The smallest absolute Gasteiger partial charge is 0.193 e. The monoisotopic (exact) mass is 1330 g/mol. The second-order valence-corrected chi connectivity index (χ2v) is 12.9. The summed E-state index contributed by atoms with van der Waals surface area (Å²) in [5.74, 6) is 0. The summed E-state index contributed by atoms with van der Waals surface area (Å²) in [6.07, 6.45) is 0. The third-order valence-corrected chi connectivity index (χ3v) is 5.29. The van der Waals surface area contributed by atoms with E-state index in [1.54, 1.807) is 36.4 Å².